The van der Waals surface area contributed by atoms with Crippen LogP contribution in [0.5, 0.6) is 0 Å². The van der Waals surface area contributed by atoms with E-state index in [4.69, 9.17) is 16.7 Å². The monoisotopic (exact) mass is 366 g/mol. The zero-order valence-electron chi connectivity index (χ0n) is 14.1. The smallest absolute Gasteiger partial charge is 0.226 e. The minimum Gasteiger partial charge on any atom is -0.396 e. The van der Waals surface area contributed by atoms with Gasteiger partial charge in [-0.05, 0) is 35.8 Å². The predicted molar refractivity (Wildman–Crippen MR) is 103 cm³/mol. The lowest BCUT2D eigenvalue weighted by molar-refractivity contribution is 0.287. The third-order valence-electron chi connectivity index (χ3n) is 4.36. The Balaban J connectivity index is 1.75. The molecule has 0 amide bonds. The highest BCUT2D eigenvalue weighted by atomic mass is 35.5. The third kappa shape index (κ3) is 3.36. The summed E-state index contributed by atoms with van der Waals surface area (Å²) in [5.41, 5.74) is 3.16. The van der Waals surface area contributed by atoms with Gasteiger partial charge >= 0.3 is 0 Å². The molecule has 0 radical (unpaired) electrons. The van der Waals surface area contributed by atoms with Crippen molar-refractivity contribution in [3.8, 4) is 0 Å². The zero-order chi connectivity index (χ0) is 17.9. The topological polar surface area (TPSA) is 63.0 Å². The van der Waals surface area contributed by atoms with Gasteiger partial charge in [-0.15, -0.1) is 0 Å². The number of aliphatic hydroxyl groups is 1. The second kappa shape index (κ2) is 7.32. The van der Waals surface area contributed by atoms with Crippen molar-refractivity contribution in [1.29, 1.82) is 0 Å². The van der Waals surface area contributed by atoms with E-state index in [1.54, 1.807) is 0 Å². The van der Waals surface area contributed by atoms with Gasteiger partial charge in [-0.25, -0.2) is 4.68 Å². The summed E-state index contributed by atoms with van der Waals surface area (Å²) in [5, 5.41) is 17.8. The average molecular weight is 367 g/mol. The molecule has 1 aliphatic rings. The second-order valence-corrected chi connectivity index (χ2v) is 6.63. The summed E-state index contributed by atoms with van der Waals surface area (Å²) in [6.07, 6.45) is 3.45. The number of aryl methyl sites for hydroxylation is 1. The highest BCUT2D eigenvalue weighted by Crippen LogP contribution is 2.32. The molecule has 132 valence electrons. The van der Waals surface area contributed by atoms with E-state index in [2.05, 4.69) is 33.6 Å². The molecule has 0 fully saturated rings. The summed E-state index contributed by atoms with van der Waals surface area (Å²) in [4.78, 5) is 4.62. The van der Waals surface area contributed by atoms with Gasteiger partial charge < -0.3 is 10.4 Å². The minimum atomic E-state index is -0.0477. The highest BCUT2D eigenvalue weighted by molar-refractivity contribution is 6.30. The number of nitrogens with one attached hydrogen (secondary N) is 1. The highest BCUT2D eigenvalue weighted by Gasteiger charge is 2.25. The molecule has 0 saturated heterocycles. The van der Waals surface area contributed by atoms with Gasteiger partial charge in [0.2, 0.25) is 5.95 Å². The zero-order valence-corrected chi connectivity index (χ0v) is 14.9. The van der Waals surface area contributed by atoms with E-state index in [-0.39, 0.29) is 12.6 Å². The van der Waals surface area contributed by atoms with Crippen molar-refractivity contribution in [2.75, 3.05) is 11.9 Å². The maximum Gasteiger partial charge on any atom is 0.226 e. The van der Waals surface area contributed by atoms with E-state index < -0.39 is 0 Å². The first-order chi connectivity index (χ1) is 12.7. The Morgan fingerprint density at radius 3 is 2.58 bits per heavy atom. The van der Waals surface area contributed by atoms with Crippen molar-refractivity contribution in [3.05, 3.63) is 82.6 Å². The van der Waals surface area contributed by atoms with E-state index in [0.29, 0.717) is 23.8 Å². The van der Waals surface area contributed by atoms with Crippen LogP contribution in [0.1, 0.15) is 29.4 Å². The Morgan fingerprint density at radius 1 is 1.08 bits per heavy atom. The number of hydrogen-bond acceptors (Lipinski definition) is 4. The molecule has 5 nitrogen and oxygen atoms in total. The van der Waals surface area contributed by atoms with Crippen molar-refractivity contribution in [2.45, 2.75) is 18.9 Å². The van der Waals surface area contributed by atoms with Crippen LogP contribution in [0, 0.1) is 0 Å². The van der Waals surface area contributed by atoms with Gasteiger partial charge in [-0.2, -0.15) is 10.1 Å². The van der Waals surface area contributed by atoms with E-state index in [9.17, 15) is 0 Å². The van der Waals surface area contributed by atoms with Gasteiger partial charge in [-0.1, -0.05) is 54.1 Å². The largest absolute Gasteiger partial charge is 0.396 e. The molecule has 0 spiro atoms. The molecular formula is C20H19ClN4O. The molecular weight excluding hydrogens is 348 g/mol. The number of anilines is 1. The fraction of sp³-hybridized carbons (Fsp3) is 0.200. The summed E-state index contributed by atoms with van der Waals surface area (Å²) in [7, 11) is 0. The molecule has 0 saturated carbocycles. The first kappa shape index (κ1) is 16.8. The number of halogens is 1. The Kier molecular flexibility index (Phi) is 4.73. The number of fused-ring (bicyclic) bond motifs is 1. The van der Waals surface area contributed by atoms with E-state index >= 15 is 0 Å². The van der Waals surface area contributed by atoms with Crippen LogP contribution in [0.4, 0.5) is 5.95 Å². The molecule has 2 N–H and O–H groups in total. The molecule has 1 aliphatic heterocycles. The molecule has 4 rings (SSSR count). The first-order valence-electron chi connectivity index (χ1n) is 8.60. The fourth-order valence-corrected chi connectivity index (χ4v) is 3.19. The fourth-order valence-electron chi connectivity index (χ4n) is 3.07. The lowest BCUT2D eigenvalue weighted by atomic mass is 10.0. The van der Waals surface area contributed by atoms with E-state index in [1.165, 1.54) is 0 Å². The Bertz CT molecular complexity index is 919. The number of nitrogens with zero attached hydrogens (tertiary/aromatic N) is 3. The molecule has 3 aromatic rings. The third-order valence-corrected chi connectivity index (χ3v) is 4.62. The Labute approximate surface area is 157 Å². The summed E-state index contributed by atoms with van der Waals surface area (Å²) in [6.45, 7) is 0.133. The molecule has 1 aromatic heterocycles. The van der Waals surface area contributed by atoms with Gasteiger partial charge in [-0.3, -0.25) is 0 Å². The number of aliphatic hydroxyl groups excluding tert-OH is 1. The number of benzene rings is 2. The quantitative estimate of drug-likeness (QED) is 0.718. The van der Waals surface area contributed by atoms with Crippen LogP contribution in [0.25, 0.3) is 5.70 Å². The summed E-state index contributed by atoms with van der Waals surface area (Å²) >= 11 is 6.02. The number of aromatic nitrogens is 3. The normalized spacial score (nSPS) is 15.9. The maximum atomic E-state index is 9.07. The van der Waals surface area contributed by atoms with Crippen LogP contribution in [0.15, 0.2) is 60.7 Å². The average Bonchev–Trinajstić information content (AvgIpc) is 3.09. The SMILES string of the molecule is OCCCc1nc2n(n1)C(c1ccccc1)C=C(c1ccc(Cl)cc1)N2. The van der Waals surface area contributed by atoms with Crippen molar-refractivity contribution < 1.29 is 5.11 Å². The lowest BCUT2D eigenvalue weighted by Crippen LogP contribution is -2.20. The van der Waals surface area contributed by atoms with Crippen LogP contribution < -0.4 is 5.32 Å². The van der Waals surface area contributed by atoms with Crippen molar-refractivity contribution in [1.82, 2.24) is 14.8 Å². The number of allylic oxidation sites excluding steroid dienone is 1. The standard InChI is InChI=1S/C20H19ClN4O/c21-16-10-8-14(9-11-16)17-13-18(15-5-2-1-3-6-15)25-20(22-17)23-19(24-25)7-4-12-26/h1-3,5-6,8-11,13,18,26H,4,7,12H2,(H,22,23,24). The van der Waals surface area contributed by atoms with Gasteiger partial charge in [0.05, 0.1) is 0 Å². The molecule has 6 heteroatoms. The molecule has 1 unspecified atom stereocenters. The first-order valence-corrected chi connectivity index (χ1v) is 8.98. The molecule has 0 aliphatic carbocycles. The van der Waals surface area contributed by atoms with E-state index in [0.717, 1.165) is 22.6 Å². The van der Waals surface area contributed by atoms with Crippen LogP contribution in [0.3, 0.4) is 0 Å². The predicted octanol–water partition coefficient (Wildman–Crippen LogP) is 3.91. The van der Waals surface area contributed by atoms with Crippen LogP contribution in [-0.4, -0.2) is 26.5 Å². The molecule has 2 heterocycles. The minimum absolute atomic E-state index is 0.0477. The summed E-state index contributed by atoms with van der Waals surface area (Å²) in [5.74, 6) is 1.44. The summed E-state index contributed by atoms with van der Waals surface area (Å²) < 4.78 is 1.90. The molecule has 0 bridgehead atoms. The lowest BCUT2D eigenvalue weighted by Gasteiger charge is -2.24. The number of hydrogen-bond donors (Lipinski definition) is 2. The van der Waals surface area contributed by atoms with Gasteiger partial charge in [0, 0.05) is 23.7 Å². The molecule has 1 atom stereocenters. The van der Waals surface area contributed by atoms with Crippen molar-refractivity contribution >= 4 is 23.2 Å². The molecule has 2 aromatic carbocycles. The Hall–Kier alpha value is -2.63. The van der Waals surface area contributed by atoms with Gasteiger partial charge in [0.15, 0.2) is 5.82 Å². The van der Waals surface area contributed by atoms with Crippen molar-refractivity contribution in [2.24, 2.45) is 0 Å². The summed E-state index contributed by atoms with van der Waals surface area (Å²) in [6, 6.07) is 17.9. The van der Waals surface area contributed by atoms with Gasteiger partial charge in [0.1, 0.15) is 6.04 Å². The van der Waals surface area contributed by atoms with Gasteiger partial charge in [0.25, 0.3) is 0 Å². The van der Waals surface area contributed by atoms with Crippen LogP contribution in [0.2, 0.25) is 5.02 Å². The maximum absolute atomic E-state index is 9.07. The number of rotatable bonds is 5. The molecule has 26 heavy (non-hydrogen) atoms. The van der Waals surface area contributed by atoms with Crippen LogP contribution in [-0.2, 0) is 6.42 Å². The van der Waals surface area contributed by atoms with Crippen molar-refractivity contribution in [3.63, 3.8) is 0 Å². The van der Waals surface area contributed by atoms with E-state index in [1.807, 2.05) is 47.1 Å². The van der Waals surface area contributed by atoms with Crippen LogP contribution >= 0.6 is 11.6 Å². The second-order valence-electron chi connectivity index (χ2n) is 6.19. The Morgan fingerprint density at radius 2 is 1.85 bits per heavy atom.